The SMILES string of the molecule is CC(=O)Nc1ccc(C[NH2+][C@H](C)c2ccccc2)cc1. The van der Waals surface area contributed by atoms with Gasteiger partial charge >= 0.3 is 0 Å². The highest BCUT2D eigenvalue weighted by atomic mass is 16.1. The van der Waals surface area contributed by atoms with E-state index in [0.29, 0.717) is 6.04 Å². The van der Waals surface area contributed by atoms with Crippen molar-refractivity contribution < 1.29 is 10.1 Å². The van der Waals surface area contributed by atoms with Gasteiger partial charge in [-0.05, 0) is 19.1 Å². The van der Waals surface area contributed by atoms with E-state index in [1.54, 1.807) is 0 Å². The molecule has 0 saturated heterocycles. The van der Waals surface area contributed by atoms with E-state index in [0.717, 1.165) is 12.2 Å². The van der Waals surface area contributed by atoms with Crippen LogP contribution in [0.5, 0.6) is 0 Å². The van der Waals surface area contributed by atoms with Crippen LogP contribution in [0.1, 0.15) is 31.0 Å². The summed E-state index contributed by atoms with van der Waals surface area (Å²) < 4.78 is 0. The van der Waals surface area contributed by atoms with Crippen LogP contribution in [0.4, 0.5) is 5.69 Å². The number of nitrogens with one attached hydrogen (secondary N) is 1. The molecule has 104 valence electrons. The maximum atomic E-state index is 11.0. The highest BCUT2D eigenvalue weighted by Crippen LogP contribution is 2.10. The Kier molecular flexibility index (Phi) is 4.91. The minimum Gasteiger partial charge on any atom is -0.337 e. The Labute approximate surface area is 120 Å². The van der Waals surface area contributed by atoms with Gasteiger partial charge in [0.25, 0.3) is 0 Å². The molecule has 0 unspecified atom stereocenters. The van der Waals surface area contributed by atoms with E-state index < -0.39 is 0 Å². The van der Waals surface area contributed by atoms with Crippen molar-refractivity contribution in [2.24, 2.45) is 0 Å². The van der Waals surface area contributed by atoms with Crippen LogP contribution in [-0.2, 0) is 11.3 Å². The first-order chi connectivity index (χ1) is 9.65. The number of carbonyl (C=O) groups excluding carboxylic acids is 1. The first kappa shape index (κ1) is 14.3. The Morgan fingerprint density at radius 1 is 1.10 bits per heavy atom. The van der Waals surface area contributed by atoms with Gasteiger partial charge in [0.05, 0.1) is 0 Å². The van der Waals surface area contributed by atoms with Crippen molar-refractivity contribution >= 4 is 11.6 Å². The molecule has 0 aromatic heterocycles. The minimum atomic E-state index is -0.0398. The van der Waals surface area contributed by atoms with Gasteiger partial charge in [-0.1, -0.05) is 42.5 Å². The fourth-order valence-electron chi connectivity index (χ4n) is 2.13. The summed E-state index contributed by atoms with van der Waals surface area (Å²) in [6, 6.07) is 18.9. The zero-order valence-corrected chi connectivity index (χ0v) is 12.0. The maximum Gasteiger partial charge on any atom is 0.221 e. The van der Waals surface area contributed by atoms with Crippen LogP contribution in [0, 0.1) is 0 Å². The third-order valence-corrected chi connectivity index (χ3v) is 3.31. The first-order valence-electron chi connectivity index (χ1n) is 6.90. The number of benzene rings is 2. The highest BCUT2D eigenvalue weighted by molar-refractivity contribution is 5.88. The lowest BCUT2D eigenvalue weighted by molar-refractivity contribution is -0.707. The molecule has 0 fully saturated rings. The van der Waals surface area contributed by atoms with Crippen LogP contribution in [-0.4, -0.2) is 5.91 Å². The Balaban J connectivity index is 1.89. The molecule has 0 aliphatic heterocycles. The van der Waals surface area contributed by atoms with Gasteiger partial charge in [0.1, 0.15) is 12.6 Å². The second-order valence-electron chi connectivity index (χ2n) is 5.02. The van der Waals surface area contributed by atoms with Crippen molar-refractivity contribution in [3.63, 3.8) is 0 Å². The molecule has 2 aromatic carbocycles. The Hall–Kier alpha value is -2.13. The summed E-state index contributed by atoms with van der Waals surface area (Å²) >= 11 is 0. The molecule has 2 aromatic rings. The lowest BCUT2D eigenvalue weighted by Gasteiger charge is -2.11. The lowest BCUT2D eigenvalue weighted by Crippen LogP contribution is -2.83. The molecular formula is C17H21N2O+. The smallest absolute Gasteiger partial charge is 0.221 e. The summed E-state index contributed by atoms with van der Waals surface area (Å²) in [6.45, 7) is 4.65. The predicted molar refractivity (Wildman–Crippen MR) is 81.2 cm³/mol. The largest absolute Gasteiger partial charge is 0.337 e. The standard InChI is InChI=1S/C17H20N2O/c1-13(16-6-4-3-5-7-16)18-12-15-8-10-17(11-9-15)19-14(2)20/h3-11,13,18H,12H2,1-2H3,(H,19,20)/p+1/t13-/m1/s1. The van der Waals surface area contributed by atoms with Gasteiger partial charge < -0.3 is 10.6 Å². The van der Waals surface area contributed by atoms with Crippen LogP contribution in [0.15, 0.2) is 54.6 Å². The zero-order valence-electron chi connectivity index (χ0n) is 12.0. The lowest BCUT2D eigenvalue weighted by atomic mass is 10.1. The van der Waals surface area contributed by atoms with Crippen molar-refractivity contribution in [2.45, 2.75) is 26.4 Å². The van der Waals surface area contributed by atoms with Crippen molar-refractivity contribution in [1.29, 1.82) is 0 Å². The Morgan fingerprint density at radius 2 is 1.75 bits per heavy atom. The van der Waals surface area contributed by atoms with Crippen molar-refractivity contribution in [1.82, 2.24) is 0 Å². The van der Waals surface area contributed by atoms with Gasteiger partial charge in [-0.3, -0.25) is 4.79 Å². The third-order valence-electron chi connectivity index (χ3n) is 3.31. The van der Waals surface area contributed by atoms with Gasteiger partial charge in [-0.25, -0.2) is 0 Å². The molecule has 20 heavy (non-hydrogen) atoms. The van der Waals surface area contributed by atoms with Crippen LogP contribution in [0.2, 0.25) is 0 Å². The number of nitrogens with two attached hydrogens (primary N) is 1. The summed E-state index contributed by atoms with van der Waals surface area (Å²) in [5.74, 6) is -0.0398. The number of anilines is 1. The molecule has 0 radical (unpaired) electrons. The number of quaternary nitrogens is 1. The number of hydrogen-bond acceptors (Lipinski definition) is 1. The fraction of sp³-hybridized carbons (Fsp3) is 0.235. The maximum absolute atomic E-state index is 11.0. The molecule has 2 rings (SSSR count). The van der Waals surface area contributed by atoms with Gasteiger partial charge in [-0.15, -0.1) is 0 Å². The summed E-state index contributed by atoms with van der Waals surface area (Å²) in [6.07, 6.45) is 0. The quantitative estimate of drug-likeness (QED) is 0.860. The second kappa shape index (κ2) is 6.87. The normalized spacial score (nSPS) is 11.9. The van der Waals surface area contributed by atoms with Gasteiger partial charge in [0, 0.05) is 23.7 Å². The summed E-state index contributed by atoms with van der Waals surface area (Å²) in [7, 11) is 0. The number of amides is 1. The molecule has 3 N–H and O–H groups in total. The highest BCUT2D eigenvalue weighted by Gasteiger charge is 2.07. The number of rotatable bonds is 5. The van der Waals surface area contributed by atoms with E-state index >= 15 is 0 Å². The molecule has 3 heteroatoms. The van der Waals surface area contributed by atoms with Crippen LogP contribution in [0.25, 0.3) is 0 Å². The van der Waals surface area contributed by atoms with Crippen LogP contribution in [0.3, 0.4) is 0 Å². The van der Waals surface area contributed by atoms with E-state index in [4.69, 9.17) is 0 Å². The van der Waals surface area contributed by atoms with Gasteiger partial charge in [-0.2, -0.15) is 0 Å². The molecule has 0 saturated carbocycles. The molecular weight excluding hydrogens is 248 g/mol. The van der Waals surface area contributed by atoms with Crippen molar-refractivity contribution in [2.75, 3.05) is 5.32 Å². The molecule has 3 nitrogen and oxygen atoms in total. The van der Waals surface area contributed by atoms with Crippen LogP contribution >= 0.6 is 0 Å². The van der Waals surface area contributed by atoms with Gasteiger partial charge in [0.15, 0.2) is 0 Å². The molecule has 1 amide bonds. The summed E-state index contributed by atoms with van der Waals surface area (Å²) in [5, 5.41) is 5.08. The predicted octanol–water partition coefficient (Wildman–Crippen LogP) is 2.47. The topological polar surface area (TPSA) is 45.7 Å². The molecule has 0 heterocycles. The fourth-order valence-corrected chi connectivity index (χ4v) is 2.13. The van der Waals surface area contributed by atoms with E-state index in [-0.39, 0.29) is 5.91 Å². The Bertz CT molecular complexity index is 549. The van der Waals surface area contributed by atoms with E-state index in [9.17, 15) is 4.79 Å². The minimum absolute atomic E-state index is 0.0398. The second-order valence-corrected chi connectivity index (χ2v) is 5.02. The van der Waals surface area contributed by atoms with Gasteiger partial charge in [0.2, 0.25) is 5.91 Å². The Morgan fingerprint density at radius 3 is 2.35 bits per heavy atom. The molecule has 1 atom stereocenters. The van der Waals surface area contributed by atoms with E-state index in [2.05, 4.69) is 54.0 Å². The third kappa shape index (κ3) is 4.21. The average Bonchev–Trinajstić information content (AvgIpc) is 2.46. The van der Waals surface area contributed by atoms with E-state index in [1.807, 2.05) is 18.2 Å². The molecule has 0 aliphatic carbocycles. The summed E-state index contributed by atoms with van der Waals surface area (Å²) in [5.41, 5.74) is 3.43. The summed E-state index contributed by atoms with van der Waals surface area (Å²) in [4.78, 5) is 11.0. The monoisotopic (exact) mass is 269 g/mol. The number of hydrogen-bond donors (Lipinski definition) is 2. The first-order valence-corrected chi connectivity index (χ1v) is 6.90. The number of carbonyl (C=O) groups is 1. The van der Waals surface area contributed by atoms with E-state index in [1.165, 1.54) is 18.1 Å². The average molecular weight is 269 g/mol. The van der Waals surface area contributed by atoms with Crippen molar-refractivity contribution in [3.8, 4) is 0 Å². The van der Waals surface area contributed by atoms with Crippen molar-refractivity contribution in [3.05, 3.63) is 65.7 Å². The zero-order chi connectivity index (χ0) is 14.4. The molecule has 0 spiro atoms. The molecule has 0 aliphatic rings. The molecule has 0 bridgehead atoms. The van der Waals surface area contributed by atoms with Crippen LogP contribution < -0.4 is 10.6 Å².